The van der Waals surface area contributed by atoms with Gasteiger partial charge in [-0.2, -0.15) is 0 Å². The number of hydrogen-bond acceptors (Lipinski definition) is 4. The summed E-state index contributed by atoms with van der Waals surface area (Å²) >= 11 is 1.41. The molecule has 28 heavy (non-hydrogen) atoms. The van der Waals surface area contributed by atoms with Crippen molar-refractivity contribution in [2.24, 2.45) is 0 Å². The number of nitrogens with zero attached hydrogens (tertiary/aromatic N) is 4. The van der Waals surface area contributed by atoms with Crippen molar-refractivity contribution in [2.75, 3.05) is 12.8 Å². The van der Waals surface area contributed by atoms with Crippen LogP contribution < -0.4 is 0 Å². The smallest absolute Gasteiger partial charge is 0.233 e. The average Bonchev–Trinajstić information content (AvgIpc) is 3.16. The van der Waals surface area contributed by atoms with E-state index < -0.39 is 0 Å². The lowest BCUT2D eigenvalue weighted by molar-refractivity contribution is -0.128. The maximum Gasteiger partial charge on any atom is 0.233 e. The Morgan fingerprint density at radius 1 is 1.11 bits per heavy atom. The highest BCUT2D eigenvalue weighted by Gasteiger charge is 2.19. The highest BCUT2D eigenvalue weighted by Crippen LogP contribution is 2.24. The molecule has 2 aromatic carbocycles. The van der Waals surface area contributed by atoms with Gasteiger partial charge in [0, 0.05) is 12.7 Å². The maximum absolute atomic E-state index is 12.7. The maximum atomic E-state index is 12.7. The summed E-state index contributed by atoms with van der Waals surface area (Å²) in [6, 6.07) is 14.6. The van der Waals surface area contributed by atoms with Gasteiger partial charge in [-0.15, -0.1) is 10.2 Å². The zero-order valence-electron chi connectivity index (χ0n) is 17.0. The Balaban J connectivity index is 1.67. The van der Waals surface area contributed by atoms with Crippen LogP contribution in [0.1, 0.15) is 35.2 Å². The van der Waals surface area contributed by atoms with Gasteiger partial charge in [-0.05, 0) is 56.5 Å². The van der Waals surface area contributed by atoms with E-state index in [1.54, 1.807) is 11.2 Å². The van der Waals surface area contributed by atoms with E-state index in [1.807, 2.05) is 24.6 Å². The van der Waals surface area contributed by atoms with Crippen LogP contribution in [-0.2, 0) is 4.79 Å². The van der Waals surface area contributed by atoms with Crippen molar-refractivity contribution in [3.8, 4) is 5.69 Å². The molecule has 0 spiro atoms. The lowest BCUT2D eigenvalue weighted by Crippen LogP contribution is -2.31. The largest absolute Gasteiger partial charge is 0.338 e. The molecule has 1 heterocycles. The second kappa shape index (κ2) is 8.61. The minimum absolute atomic E-state index is 0.0197. The van der Waals surface area contributed by atoms with Crippen molar-refractivity contribution in [1.29, 1.82) is 0 Å². The van der Waals surface area contributed by atoms with Gasteiger partial charge in [-0.1, -0.05) is 47.7 Å². The molecule has 0 aliphatic carbocycles. The summed E-state index contributed by atoms with van der Waals surface area (Å²) < 4.78 is 1.92. The van der Waals surface area contributed by atoms with E-state index in [1.165, 1.54) is 28.5 Å². The monoisotopic (exact) mass is 394 g/mol. The Labute approximate surface area is 170 Å². The molecule has 0 aliphatic rings. The fourth-order valence-corrected chi connectivity index (χ4v) is 3.74. The van der Waals surface area contributed by atoms with Crippen LogP contribution in [0.25, 0.3) is 5.69 Å². The topological polar surface area (TPSA) is 51.0 Å². The standard InChI is InChI=1S/C22H26N4OS/c1-15-6-9-19(10-7-15)18(4)25(5)21(27)13-28-22-24-23-14-26(22)20-11-8-16(2)17(3)12-20/h6-12,14,18H,13H2,1-5H3. The molecule has 1 atom stereocenters. The van der Waals surface area contributed by atoms with Gasteiger partial charge >= 0.3 is 0 Å². The van der Waals surface area contributed by atoms with Gasteiger partial charge < -0.3 is 4.90 Å². The van der Waals surface area contributed by atoms with Crippen LogP contribution in [0.15, 0.2) is 53.9 Å². The first-order valence-electron chi connectivity index (χ1n) is 9.29. The molecule has 1 unspecified atom stereocenters. The summed E-state index contributed by atoms with van der Waals surface area (Å²) in [5, 5.41) is 8.94. The lowest BCUT2D eigenvalue weighted by Gasteiger charge is -2.25. The molecular weight excluding hydrogens is 368 g/mol. The fourth-order valence-electron chi connectivity index (χ4n) is 2.89. The molecule has 0 fully saturated rings. The van der Waals surface area contributed by atoms with Crippen molar-refractivity contribution in [1.82, 2.24) is 19.7 Å². The van der Waals surface area contributed by atoms with Crippen LogP contribution >= 0.6 is 11.8 Å². The van der Waals surface area contributed by atoms with Crippen molar-refractivity contribution >= 4 is 17.7 Å². The quantitative estimate of drug-likeness (QED) is 0.578. The zero-order chi connectivity index (χ0) is 20.3. The van der Waals surface area contributed by atoms with Crippen molar-refractivity contribution in [3.05, 3.63) is 71.0 Å². The third-order valence-corrected chi connectivity index (χ3v) is 6.07. The number of aromatic nitrogens is 3. The molecule has 3 rings (SSSR count). The van der Waals surface area contributed by atoms with Crippen molar-refractivity contribution < 1.29 is 4.79 Å². The van der Waals surface area contributed by atoms with Crippen LogP contribution in [0.5, 0.6) is 0 Å². The van der Waals surface area contributed by atoms with E-state index in [9.17, 15) is 4.79 Å². The molecule has 0 saturated carbocycles. The third kappa shape index (κ3) is 4.44. The Hall–Kier alpha value is -2.60. The summed E-state index contributed by atoms with van der Waals surface area (Å²) in [7, 11) is 1.85. The summed E-state index contributed by atoms with van der Waals surface area (Å²) in [4.78, 5) is 14.5. The van der Waals surface area contributed by atoms with Crippen molar-refractivity contribution in [2.45, 2.75) is 38.9 Å². The van der Waals surface area contributed by atoms with E-state index in [2.05, 4.69) is 67.4 Å². The van der Waals surface area contributed by atoms with Gasteiger partial charge in [0.1, 0.15) is 6.33 Å². The van der Waals surface area contributed by atoms with Gasteiger partial charge in [-0.25, -0.2) is 0 Å². The Morgan fingerprint density at radius 3 is 2.50 bits per heavy atom. The minimum atomic E-state index is 0.0197. The number of benzene rings is 2. The van der Waals surface area contributed by atoms with E-state index in [4.69, 9.17) is 0 Å². The zero-order valence-corrected chi connectivity index (χ0v) is 17.8. The molecule has 0 N–H and O–H groups in total. The summed E-state index contributed by atoms with van der Waals surface area (Å²) in [6.07, 6.45) is 1.69. The first-order chi connectivity index (χ1) is 13.4. The second-order valence-electron chi connectivity index (χ2n) is 7.13. The van der Waals surface area contributed by atoms with Crippen LogP contribution in [0, 0.1) is 20.8 Å². The Bertz CT molecular complexity index is 965. The second-order valence-corrected chi connectivity index (χ2v) is 8.07. The van der Waals surface area contributed by atoms with E-state index >= 15 is 0 Å². The van der Waals surface area contributed by atoms with Crippen LogP contribution in [0.4, 0.5) is 0 Å². The molecule has 5 nitrogen and oxygen atoms in total. The van der Waals surface area contributed by atoms with E-state index in [-0.39, 0.29) is 11.9 Å². The van der Waals surface area contributed by atoms with Crippen LogP contribution in [0.2, 0.25) is 0 Å². The first-order valence-corrected chi connectivity index (χ1v) is 10.3. The predicted octanol–water partition coefficient (Wildman–Crippen LogP) is 4.50. The average molecular weight is 395 g/mol. The summed E-state index contributed by atoms with van der Waals surface area (Å²) in [6.45, 7) is 8.28. The number of carbonyl (C=O) groups is 1. The van der Waals surface area contributed by atoms with Gasteiger partial charge in [-0.3, -0.25) is 9.36 Å². The van der Waals surface area contributed by atoms with Gasteiger partial charge in [0.15, 0.2) is 5.16 Å². The number of aryl methyl sites for hydroxylation is 3. The molecule has 146 valence electrons. The molecular formula is C22H26N4OS. The van der Waals surface area contributed by atoms with Crippen LogP contribution in [0.3, 0.4) is 0 Å². The molecule has 0 radical (unpaired) electrons. The minimum Gasteiger partial charge on any atom is -0.338 e. The first kappa shape index (κ1) is 20.1. The normalized spacial score (nSPS) is 12.0. The number of carbonyl (C=O) groups excluding carboxylic acids is 1. The molecule has 3 aromatic rings. The summed E-state index contributed by atoms with van der Waals surface area (Å²) in [5.41, 5.74) is 5.80. The van der Waals surface area contributed by atoms with Crippen LogP contribution in [-0.4, -0.2) is 38.4 Å². The Morgan fingerprint density at radius 2 is 1.82 bits per heavy atom. The number of thioether (sulfide) groups is 1. The lowest BCUT2D eigenvalue weighted by atomic mass is 10.1. The van der Waals surface area contributed by atoms with Gasteiger partial charge in [0.2, 0.25) is 5.91 Å². The van der Waals surface area contributed by atoms with E-state index in [0.29, 0.717) is 10.9 Å². The van der Waals surface area contributed by atoms with Crippen molar-refractivity contribution in [3.63, 3.8) is 0 Å². The third-order valence-electron chi connectivity index (χ3n) is 5.14. The number of amides is 1. The highest BCUT2D eigenvalue weighted by atomic mass is 32.2. The van der Waals surface area contributed by atoms with E-state index in [0.717, 1.165) is 11.3 Å². The summed E-state index contributed by atoms with van der Waals surface area (Å²) in [5.74, 6) is 0.378. The SMILES string of the molecule is Cc1ccc(C(C)N(C)C(=O)CSc2nncn2-c2ccc(C)c(C)c2)cc1. The molecule has 0 aliphatic heterocycles. The predicted molar refractivity (Wildman–Crippen MR) is 114 cm³/mol. The molecule has 1 aromatic heterocycles. The number of rotatable bonds is 6. The highest BCUT2D eigenvalue weighted by molar-refractivity contribution is 7.99. The van der Waals surface area contributed by atoms with Gasteiger partial charge in [0.25, 0.3) is 0 Å². The molecule has 1 amide bonds. The molecule has 0 saturated heterocycles. The Kier molecular flexibility index (Phi) is 6.19. The van der Waals surface area contributed by atoms with Gasteiger partial charge in [0.05, 0.1) is 11.8 Å². The molecule has 0 bridgehead atoms. The number of hydrogen-bond donors (Lipinski definition) is 0. The molecule has 6 heteroatoms. The fraction of sp³-hybridized carbons (Fsp3) is 0.318.